The Kier molecular flexibility index (Phi) is 5.31. The van der Waals surface area contributed by atoms with E-state index in [1.165, 1.54) is 17.2 Å². The van der Waals surface area contributed by atoms with Gasteiger partial charge in [0.25, 0.3) is 0 Å². The highest BCUT2D eigenvalue weighted by molar-refractivity contribution is 5.26. The van der Waals surface area contributed by atoms with Crippen molar-refractivity contribution in [2.45, 2.75) is 32.7 Å². The van der Waals surface area contributed by atoms with Crippen molar-refractivity contribution in [2.75, 3.05) is 6.54 Å². The Morgan fingerprint density at radius 3 is 2.55 bits per heavy atom. The van der Waals surface area contributed by atoms with Crippen molar-refractivity contribution in [2.24, 2.45) is 0 Å². The minimum atomic E-state index is -0.163. The standard InChI is InChI=1S/C18H22FN/c1-14(16-6-4-3-5-7-16)10-11-20-13-17-8-9-18(19)12-15(17)2/h3-9,12,14,20H,10-11,13H2,1-2H3. The van der Waals surface area contributed by atoms with Crippen LogP contribution in [0.2, 0.25) is 0 Å². The molecule has 106 valence electrons. The van der Waals surface area contributed by atoms with Crippen molar-refractivity contribution in [1.29, 1.82) is 0 Å². The van der Waals surface area contributed by atoms with Crippen LogP contribution in [0, 0.1) is 12.7 Å². The first-order valence-corrected chi connectivity index (χ1v) is 7.17. The fourth-order valence-electron chi connectivity index (χ4n) is 2.35. The Morgan fingerprint density at radius 1 is 1.10 bits per heavy atom. The molecule has 0 heterocycles. The van der Waals surface area contributed by atoms with Gasteiger partial charge in [0.1, 0.15) is 5.82 Å². The highest BCUT2D eigenvalue weighted by atomic mass is 19.1. The molecule has 0 aliphatic heterocycles. The van der Waals surface area contributed by atoms with Crippen LogP contribution in [0.4, 0.5) is 4.39 Å². The highest BCUT2D eigenvalue weighted by Gasteiger charge is 2.04. The first-order valence-electron chi connectivity index (χ1n) is 7.17. The molecular formula is C18H22FN. The van der Waals surface area contributed by atoms with Crippen LogP contribution < -0.4 is 5.32 Å². The van der Waals surface area contributed by atoms with Crippen molar-refractivity contribution in [3.63, 3.8) is 0 Å². The van der Waals surface area contributed by atoms with Gasteiger partial charge in [0, 0.05) is 6.54 Å². The second-order valence-electron chi connectivity index (χ2n) is 5.35. The second-order valence-corrected chi connectivity index (χ2v) is 5.35. The van der Waals surface area contributed by atoms with Gasteiger partial charge in [0.15, 0.2) is 0 Å². The summed E-state index contributed by atoms with van der Waals surface area (Å²) in [6, 6.07) is 15.5. The molecule has 2 aromatic carbocycles. The van der Waals surface area contributed by atoms with Gasteiger partial charge in [-0.25, -0.2) is 4.39 Å². The number of hydrogen-bond acceptors (Lipinski definition) is 1. The van der Waals surface area contributed by atoms with E-state index in [1.54, 1.807) is 6.07 Å². The van der Waals surface area contributed by atoms with Crippen LogP contribution in [-0.4, -0.2) is 6.54 Å². The zero-order valence-electron chi connectivity index (χ0n) is 12.2. The van der Waals surface area contributed by atoms with Gasteiger partial charge in [-0.05, 0) is 54.6 Å². The summed E-state index contributed by atoms with van der Waals surface area (Å²) in [5.41, 5.74) is 3.56. The van der Waals surface area contributed by atoms with Gasteiger partial charge in [0.05, 0.1) is 0 Å². The Balaban J connectivity index is 1.76. The van der Waals surface area contributed by atoms with Gasteiger partial charge >= 0.3 is 0 Å². The number of hydrogen-bond donors (Lipinski definition) is 1. The Morgan fingerprint density at radius 2 is 1.85 bits per heavy atom. The molecule has 0 radical (unpaired) electrons. The molecular weight excluding hydrogens is 249 g/mol. The third kappa shape index (κ3) is 4.17. The molecule has 0 saturated carbocycles. The summed E-state index contributed by atoms with van der Waals surface area (Å²) in [7, 11) is 0. The van der Waals surface area contributed by atoms with E-state index in [0.29, 0.717) is 5.92 Å². The summed E-state index contributed by atoms with van der Waals surface area (Å²) >= 11 is 0. The number of nitrogens with one attached hydrogen (secondary N) is 1. The van der Waals surface area contributed by atoms with E-state index in [1.807, 2.05) is 19.1 Å². The van der Waals surface area contributed by atoms with E-state index in [4.69, 9.17) is 0 Å². The molecule has 1 unspecified atom stereocenters. The molecule has 0 saturated heterocycles. The second kappa shape index (κ2) is 7.20. The summed E-state index contributed by atoms with van der Waals surface area (Å²) < 4.78 is 13.0. The molecule has 0 aromatic heterocycles. The summed E-state index contributed by atoms with van der Waals surface area (Å²) in [6.07, 6.45) is 1.10. The number of halogens is 1. The summed E-state index contributed by atoms with van der Waals surface area (Å²) in [4.78, 5) is 0. The molecule has 2 aromatic rings. The molecule has 0 spiro atoms. The lowest BCUT2D eigenvalue weighted by Gasteiger charge is -2.13. The SMILES string of the molecule is Cc1cc(F)ccc1CNCCC(C)c1ccccc1. The van der Waals surface area contributed by atoms with E-state index in [2.05, 4.69) is 36.5 Å². The molecule has 1 atom stereocenters. The van der Waals surface area contributed by atoms with E-state index in [9.17, 15) is 4.39 Å². The van der Waals surface area contributed by atoms with Gasteiger partial charge < -0.3 is 5.32 Å². The van der Waals surface area contributed by atoms with Crippen LogP contribution in [-0.2, 0) is 6.54 Å². The molecule has 0 bridgehead atoms. The lowest BCUT2D eigenvalue weighted by Crippen LogP contribution is -2.17. The first kappa shape index (κ1) is 14.7. The first-order chi connectivity index (χ1) is 9.66. The number of aryl methyl sites for hydroxylation is 1. The van der Waals surface area contributed by atoms with Gasteiger partial charge in [0.2, 0.25) is 0 Å². The smallest absolute Gasteiger partial charge is 0.123 e. The van der Waals surface area contributed by atoms with E-state index < -0.39 is 0 Å². The van der Waals surface area contributed by atoms with Crippen molar-refractivity contribution in [3.8, 4) is 0 Å². The molecule has 1 N–H and O–H groups in total. The van der Waals surface area contributed by atoms with Crippen molar-refractivity contribution in [1.82, 2.24) is 5.32 Å². The van der Waals surface area contributed by atoms with Gasteiger partial charge in [-0.2, -0.15) is 0 Å². The summed E-state index contributed by atoms with van der Waals surface area (Å²) in [6.45, 7) is 5.97. The van der Waals surface area contributed by atoms with Gasteiger partial charge in [-0.15, -0.1) is 0 Å². The molecule has 0 fully saturated rings. The fraction of sp³-hybridized carbons (Fsp3) is 0.333. The number of benzene rings is 2. The highest BCUT2D eigenvalue weighted by Crippen LogP contribution is 2.17. The normalized spacial score (nSPS) is 12.3. The lowest BCUT2D eigenvalue weighted by molar-refractivity contribution is 0.591. The Bertz CT molecular complexity index is 536. The number of rotatable bonds is 6. The van der Waals surface area contributed by atoms with Crippen molar-refractivity contribution >= 4 is 0 Å². The van der Waals surface area contributed by atoms with Crippen LogP contribution in [0.5, 0.6) is 0 Å². The maximum atomic E-state index is 13.0. The van der Waals surface area contributed by atoms with E-state index >= 15 is 0 Å². The fourth-order valence-corrected chi connectivity index (χ4v) is 2.35. The minimum absolute atomic E-state index is 0.163. The largest absolute Gasteiger partial charge is 0.313 e. The zero-order valence-corrected chi connectivity index (χ0v) is 12.2. The maximum absolute atomic E-state index is 13.0. The molecule has 0 amide bonds. The van der Waals surface area contributed by atoms with E-state index in [0.717, 1.165) is 25.1 Å². The molecule has 2 heteroatoms. The third-order valence-corrected chi connectivity index (χ3v) is 3.74. The van der Waals surface area contributed by atoms with Gasteiger partial charge in [-0.3, -0.25) is 0 Å². The molecule has 1 nitrogen and oxygen atoms in total. The van der Waals surface area contributed by atoms with E-state index in [-0.39, 0.29) is 5.82 Å². The average Bonchev–Trinajstić information content (AvgIpc) is 2.46. The Labute approximate surface area is 120 Å². The third-order valence-electron chi connectivity index (χ3n) is 3.74. The summed E-state index contributed by atoms with van der Waals surface area (Å²) in [5, 5.41) is 3.44. The molecule has 0 aliphatic carbocycles. The lowest BCUT2D eigenvalue weighted by atomic mass is 9.98. The predicted octanol–water partition coefficient (Wildman–Crippen LogP) is 4.42. The monoisotopic (exact) mass is 271 g/mol. The predicted molar refractivity (Wildman–Crippen MR) is 82.3 cm³/mol. The van der Waals surface area contributed by atoms with Crippen LogP contribution in [0.1, 0.15) is 36.0 Å². The average molecular weight is 271 g/mol. The minimum Gasteiger partial charge on any atom is -0.313 e. The molecule has 2 rings (SSSR count). The van der Waals surface area contributed by atoms with Crippen LogP contribution in [0.25, 0.3) is 0 Å². The molecule has 20 heavy (non-hydrogen) atoms. The van der Waals surface area contributed by atoms with Crippen molar-refractivity contribution in [3.05, 3.63) is 71.0 Å². The van der Waals surface area contributed by atoms with Crippen LogP contribution in [0.15, 0.2) is 48.5 Å². The zero-order chi connectivity index (χ0) is 14.4. The van der Waals surface area contributed by atoms with Crippen LogP contribution in [0.3, 0.4) is 0 Å². The molecule has 0 aliphatic rings. The van der Waals surface area contributed by atoms with Crippen LogP contribution >= 0.6 is 0 Å². The van der Waals surface area contributed by atoms with Crippen molar-refractivity contribution < 1.29 is 4.39 Å². The maximum Gasteiger partial charge on any atom is 0.123 e. The quantitative estimate of drug-likeness (QED) is 0.767. The van der Waals surface area contributed by atoms with Gasteiger partial charge in [-0.1, -0.05) is 43.3 Å². The topological polar surface area (TPSA) is 12.0 Å². The Hall–Kier alpha value is -1.67. The summed E-state index contributed by atoms with van der Waals surface area (Å²) in [5.74, 6) is 0.391.